The minimum Gasteiger partial charge on any atom is -0.394 e. The van der Waals surface area contributed by atoms with Crippen LogP contribution in [0.15, 0.2) is 0 Å². The molecule has 109 heavy (non-hydrogen) atoms. The van der Waals surface area contributed by atoms with Crippen LogP contribution in [-0.2, 0) is 90.6 Å². The predicted molar refractivity (Wildman–Crippen MR) is 387 cm³/mol. The van der Waals surface area contributed by atoms with E-state index in [1.165, 1.54) is 20.8 Å². The van der Waals surface area contributed by atoms with E-state index in [1.54, 1.807) is 0 Å². The summed E-state index contributed by atoms with van der Waals surface area (Å²) in [5.41, 5.74) is -1.38. The lowest BCUT2D eigenvalue weighted by atomic mass is 9.97. The molecule has 3 rings (SSSR count). The van der Waals surface area contributed by atoms with E-state index in [9.17, 15) is 93.9 Å². The van der Waals surface area contributed by atoms with Gasteiger partial charge in [0.1, 0.15) is 78.6 Å². The van der Waals surface area contributed by atoms with Gasteiger partial charge in [0.25, 0.3) is 0 Å². The molecule has 0 aromatic rings. The van der Waals surface area contributed by atoms with Crippen LogP contribution >= 0.6 is 0 Å². The average molecular weight is 1570 g/mol. The van der Waals surface area contributed by atoms with Gasteiger partial charge in [0.15, 0.2) is 18.9 Å². The van der Waals surface area contributed by atoms with Crippen LogP contribution in [0.5, 0.6) is 0 Å². The van der Waals surface area contributed by atoms with Crippen molar-refractivity contribution >= 4 is 59.1 Å². The lowest BCUT2D eigenvalue weighted by Crippen LogP contribution is -2.64. The van der Waals surface area contributed by atoms with Crippen LogP contribution in [0.3, 0.4) is 0 Å². The second kappa shape index (κ2) is 57.1. The van der Waals surface area contributed by atoms with Gasteiger partial charge < -0.3 is 142 Å². The van der Waals surface area contributed by atoms with Crippen LogP contribution in [-0.4, -0.2) is 321 Å². The Morgan fingerprint density at radius 2 is 0.578 bits per heavy atom. The van der Waals surface area contributed by atoms with Gasteiger partial charge in [-0.2, -0.15) is 0 Å². The van der Waals surface area contributed by atoms with E-state index in [0.717, 1.165) is 38.5 Å². The summed E-state index contributed by atoms with van der Waals surface area (Å²) in [7, 11) is 0. The van der Waals surface area contributed by atoms with Gasteiger partial charge in [0.05, 0.1) is 59.5 Å². The minimum atomic E-state index is -1.45. The Labute approximate surface area is 638 Å². The van der Waals surface area contributed by atoms with Crippen molar-refractivity contribution in [3.63, 3.8) is 0 Å². The lowest BCUT2D eigenvalue weighted by molar-refractivity contribution is -0.270. The summed E-state index contributed by atoms with van der Waals surface area (Å²) < 4.78 is 52.1. The highest BCUT2D eigenvalue weighted by Crippen LogP contribution is 2.26. The fourth-order valence-corrected chi connectivity index (χ4v) is 11.9. The zero-order chi connectivity index (χ0) is 80.4. The standard InChI is InChI=1S/C71H128N10O28/c1-5-6-7-8-9-10-11-24-58(94)81-71(43-101-37-25-55(91)75-31-18-28-72-52(88)21-12-15-34-104-68-59(78-46(2)85)65(98)62(95)49(40-82)107-68,44-102-38-26-56(92)76-32-19-29-73-53(89)22-13-16-35-105-69-60(79-47(3)86)66(99)63(96)50(41-83)108-69)45-103-39-27-57(93)77-33-20-30-74-54(90)23-14-17-36-106-70-61(80-48(4)87)67(100)64(97)51(42-84)109-70/h49-51,59-70,82-84,95-100H,5-45H2,1-4H3,(H,72,88)(H,73,89)(H,74,90)(H,75,91)(H,76,92)(H,77,93)(H,78,85)(H,79,86)(H,80,87)(H,81,94)/t49?,50?,51?,59?,60?,61?,62-,63-,64-,65?,66?,67?,68+,69+,70+,71?/m0/s1. The average Bonchev–Trinajstić information content (AvgIpc) is 0.821. The van der Waals surface area contributed by atoms with Crippen molar-refractivity contribution in [2.45, 2.75) is 273 Å². The van der Waals surface area contributed by atoms with Gasteiger partial charge in [-0.3, -0.25) is 47.9 Å². The smallest absolute Gasteiger partial charge is 0.222 e. The van der Waals surface area contributed by atoms with Crippen LogP contribution < -0.4 is 53.2 Å². The maximum Gasteiger partial charge on any atom is 0.222 e. The molecule has 630 valence electrons. The van der Waals surface area contributed by atoms with Crippen molar-refractivity contribution < 1.29 is 137 Å². The van der Waals surface area contributed by atoms with E-state index >= 15 is 0 Å². The molecule has 0 radical (unpaired) electrons. The number of ether oxygens (including phenoxy) is 9. The second-order valence-electron chi connectivity index (χ2n) is 27.6. The van der Waals surface area contributed by atoms with Crippen molar-refractivity contribution in [1.82, 2.24) is 53.2 Å². The number of hydrogen-bond donors (Lipinski definition) is 19. The molecule has 0 aromatic heterocycles. The van der Waals surface area contributed by atoms with Crippen molar-refractivity contribution in [2.24, 2.45) is 0 Å². The van der Waals surface area contributed by atoms with E-state index in [4.69, 9.17) is 42.6 Å². The SMILES string of the molecule is CCCCCCCCCC(=O)NC(COCCC(=O)NCCCNC(=O)CCCCO[C@@H]1OC(CO)[C@H](O)C(O)C1NC(C)=O)(COCCC(=O)NCCCNC(=O)CCCCO[C@@H]1OC(CO)[C@H](O)C(O)C1NC(C)=O)COCCC(=O)NCCCNC(=O)CCCCO[C@@H]1OC(CO)[C@H](O)C(O)C1NC(C)=O. The highest BCUT2D eigenvalue weighted by Gasteiger charge is 2.48. The molecular weight excluding hydrogens is 1440 g/mol. The monoisotopic (exact) mass is 1570 g/mol. The summed E-state index contributed by atoms with van der Waals surface area (Å²) in [5, 5.41) is 118. The molecule has 0 spiro atoms. The molecule has 15 atom stereocenters. The number of amides is 10. The lowest BCUT2D eigenvalue weighted by Gasteiger charge is -2.42. The zero-order valence-corrected chi connectivity index (χ0v) is 63.9. The van der Waals surface area contributed by atoms with E-state index in [0.29, 0.717) is 64.2 Å². The van der Waals surface area contributed by atoms with Gasteiger partial charge >= 0.3 is 0 Å². The van der Waals surface area contributed by atoms with Crippen molar-refractivity contribution in [2.75, 3.05) is 119 Å². The molecule has 3 aliphatic heterocycles. The van der Waals surface area contributed by atoms with Gasteiger partial charge in [-0.1, -0.05) is 45.4 Å². The first-order valence-electron chi connectivity index (χ1n) is 38.5. The number of nitrogens with one attached hydrogen (secondary N) is 10. The molecule has 10 amide bonds. The summed E-state index contributed by atoms with van der Waals surface area (Å²) in [4.78, 5) is 126. The molecule has 38 heteroatoms. The van der Waals surface area contributed by atoms with Crippen LogP contribution in [0.2, 0.25) is 0 Å². The Bertz CT molecular complexity index is 2380. The Kier molecular flexibility index (Phi) is 50.9. The number of carbonyl (C=O) groups excluding carboxylic acids is 10. The fourth-order valence-electron chi connectivity index (χ4n) is 11.9. The summed E-state index contributed by atoms with van der Waals surface area (Å²) in [5.74, 6) is -3.57. The minimum absolute atomic E-state index is 0.0861. The highest BCUT2D eigenvalue weighted by molar-refractivity contribution is 5.79. The van der Waals surface area contributed by atoms with E-state index in [1.807, 2.05) is 0 Å². The molecule has 0 aromatic carbocycles. The van der Waals surface area contributed by atoms with Gasteiger partial charge in [0.2, 0.25) is 59.1 Å². The number of aliphatic hydroxyl groups excluding tert-OH is 9. The maximum atomic E-state index is 13.8. The van der Waals surface area contributed by atoms with Gasteiger partial charge in [0, 0.05) is 125 Å². The van der Waals surface area contributed by atoms with Gasteiger partial charge in [-0.05, 0) is 64.2 Å². The largest absolute Gasteiger partial charge is 0.394 e. The number of aliphatic hydroxyl groups is 9. The molecule has 3 saturated heterocycles. The molecule has 3 heterocycles. The van der Waals surface area contributed by atoms with E-state index in [-0.39, 0.29) is 185 Å². The van der Waals surface area contributed by atoms with Crippen molar-refractivity contribution in [1.29, 1.82) is 0 Å². The Hall–Kier alpha value is -6.02. The van der Waals surface area contributed by atoms with Crippen LogP contribution in [0, 0.1) is 0 Å². The number of hydrogen-bond acceptors (Lipinski definition) is 28. The third-order valence-electron chi connectivity index (χ3n) is 18.0. The normalized spacial score (nSPS) is 24.5. The number of carbonyl (C=O) groups is 10. The molecule has 38 nitrogen and oxygen atoms in total. The molecule has 0 bridgehead atoms. The molecule has 19 N–H and O–H groups in total. The predicted octanol–water partition coefficient (Wildman–Crippen LogP) is -4.54. The summed E-state index contributed by atoms with van der Waals surface area (Å²) >= 11 is 0. The fraction of sp³-hybridized carbons (Fsp3) is 0.859. The van der Waals surface area contributed by atoms with Crippen LogP contribution in [0.1, 0.15) is 175 Å². The van der Waals surface area contributed by atoms with Crippen LogP contribution in [0.25, 0.3) is 0 Å². The summed E-state index contributed by atoms with van der Waals surface area (Å²) in [6.07, 6.45) is -4.79. The Morgan fingerprint density at radius 3 is 0.853 bits per heavy atom. The third kappa shape index (κ3) is 40.8. The number of rotatable bonds is 60. The van der Waals surface area contributed by atoms with Crippen molar-refractivity contribution in [3.8, 4) is 0 Å². The van der Waals surface area contributed by atoms with Gasteiger partial charge in [-0.15, -0.1) is 0 Å². The Balaban J connectivity index is 1.52. The van der Waals surface area contributed by atoms with Gasteiger partial charge in [-0.25, -0.2) is 0 Å². The maximum absolute atomic E-state index is 13.8. The second-order valence-corrected chi connectivity index (χ2v) is 27.6. The van der Waals surface area contributed by atoms with E-state index < -0.39 is 135 Å². The van der Waals surface area contributed by atoms with E-state index in [2.05, 4.69) is 60.1 Å². The molecule has 0 saturated carbocycles. The van der Waals surface area contributed by atoms with Crippen LogP contribution in [0.4, 0.5) is 0 Å². The first-order chi connectivity index (χ1) is 52.3. The number of unbranched alkanes of at least 4 members (excludes halogenated alkanes) is 9. The molecule has 3 fully saturated rings. The third-order valence-corrected chi connectivity index (χ3v) is 18.0. The first kappa shape index (κ1) is 97.2. The molecule has 3 aliphatic rings. The molecule has 0 aliphatic carbocycles. The topological polar surface area (TPSA) is 556 Å². The first-order valence-corrected chi connectivity index (χ1v) is 38.5. The zero-order valence-electron chi connectivity index (χ0n) is 63.9. The molecular formula is C71H128N10O28. The summed E-state index contributed by atoms with van der Waals surface area (Å²) in [6.45, 7) is 4.84. The Morgan fingerprint density at radius 1 is 0.321 bits per heavy atom. The molecule has 9 unspecified atom stereocenters. The highest BCUT2D eigenvalue weighted by atomic mass is 16.7. The summed E-state index contributed by atoms with van der Waals surface area (Å²) in [6, 6.07) is -3.26. The quantitative estimate of drug-likeness (QED) is 0.0255. The van der Waals surface area contributed by atoms with Crippen molar-refractivity contribution in [3.05, 3.63) is 0 Å².